The Morgan fingerprint density at radius 1 is 1.03 bits per heavy atom. The predicted octanol–water partition coefficient (Wildman–Crippen LogP) is 4.82. The van der Waals surface area contributed by atoms with Gasteiger partial charge in [0.25, 0.3) is 0 Å². The fourth-order valence-corrected chi connectivity index (χ4v) is 4.70. The van der Waals surface area contributed by atoms with E-state index in [2.05, 4.69) is 42.3 Å². The summed E-state index contributed by atoms with van der Waals surface area (Å²) in [6, 6.07) is 17.8. The molecule has 150 valence electrons. The number of aromatic nitrogens is 1. The summed E-state index contributed by atoms with van der Waals surface area (Å²) >= 11 is 1.58. The molecule has 4 rings (SSSR count). The number of methoxy groups -OCH3 is 1. The van der Waals surface area contributed by atoms with Crippen molar-refractivity contribution in [1.82, 2.24) is 4.68 Å². The van der Waals surface area contributed by atoms with Crippen molar-refractivity contribution in [2.24, 2.45) is 0 Å². The number of amides is 1. The fourth-order valence-electron chi connectivity index (χ4n) is 3.48. The second-order valence-electron chi connectivity index (χ2n) is 7.36. The number of hydrogen-bond donors (Lipinski definition) is 2. The molecule has 0 spiro atoms. The van der Waals surface area contributed by atoms with E-state index in [1.165, 1.54) is 5.56 Å². The molecule has 0 radical (unpaired) electrons. The number of hydrogen-bond acceptors (Lipinski definition) is 4. The van der Waals surface area contributed by atoms with Crippen molar-refractivity contribution in [2.45, 2.75) is 37.1 Å². The predicted molar refractivity (Wildman–Crippen MR) is 118 cm³/mol. The first-order valence-electron chi connectivity index (χ1n) is 9.60. The number of rotatable bonds is 4. The summed E-state index contributed by atoms with van der Waals surface area (Å²) in [7, 11) is 1.65. The van der Waals surface area contributed by atoms with Gasteiger partial charge in [-0.2, -0.15) is 0 Å². The molecule has 1 aromatic heterocycles. The van der Waals surface area contributed by atoms with Crippen LogP contribution in [0.5, 0.6) is 5.75 Å². The van der Waals surface area contributed by atoms with Crippen LogP contribution >= 0.6 is 11.8 Å². The highest BCUT2D eigenvalue weighted by Gasteiger charge is 2.36. The van der Waals surface area contributed by atoms with E-state index in [4.69, 9.17) is 4.74 Å². The second-order valence-corrected chi connectivity index (χ2v) is 8.52. The number of anilines is 1. The summed E-state index contributed by atoms with van der Waals surface area (Å²) in [5.74, 6) is 0.780. The molecule has 2 unspecified atom stereocenters. The number of carbonyl (C=O) groups excluding carboxylic acids is 1. The molecule has 3 aromatic rings. The zero-order valence-electron chi connectivity index (χ0n) is 17.0. The third-order valence-corrected chi connectivity index (χ3v) is 6.67. The maximum atomic E-state index is 13.3. The minimum absolute atomic E-state index is 0.0170. The maximum absolute atomic E-state index is 13.3. The topological polar surface area (TPSA) is 55.3 Å². The van der Waals surface area contributed by atoms with Crippen molar-refractivity contribution in [2.75, 3.05) is 17.9 Å². The zero-order valence-corrected chi connectivity index (χ0v) is 17.8. The summed E-state index contributed by atoms with van der Waals surface area (Å²) in [6.45, 7) is 6.17. The standard InChI is InChI=1S/C23H25N3O2S/c1-14-5-9-18(13-15(14)2)24-23(27)22-21(17-7-10-19(28-4)11-8-17)25-26-16(3)6-12-20(26)29-22/h5-13,21-22,25H,1-4H3,(H,24,27). The number of ether oxygens (including phenoxy) is 1. The molecule has 0 saturated heterocycles. The van der Waals surface area contributed by atoms with E-state index >= 15 is 0 Å². The molecule has 0 fully saturated rings. The Bertz CT molecular complexity index is 1040. The molecule has 6 heteroatoms. The van der Waals surface area contributed by atoms with Crippen molar-refractivity contribution in [3.8, 4) is 5.75 Å². The lowest BCUT2D eigenvalue weighted by Crippen LogP contribution is -2.41. The average molecular weight is 408 g/mol. The molecular formula is C23H25N3O2S. The Balaban J connectivity index is 1.65. The van der Waals surface area contributed by atoms with Crippen molar-refractivity contribution < 1.29 is 9.53 Å². The lowest BCUT2D eigenvalue weighted by Gasteiger charge is -2.34. The molecule has 1 aliphatic heterocycles. The summed E-state index contributed by atoms with van der Waals surface area (Å²) in [4.78, 5) is 13.3. The second kappa shape index (κ2) is 7.87. The van der Waals surface area contributed by atoms with E-state index in [1.807, 2.05) is 48.5 Å². The number of carbonyl (C=O) groups is 1. The van der Waals surface area contributed by atoms with Gasteiger partial charge in [0.2, 0.25) is 5.91 Å². The molecule has 2 aromatic carbocycles. The zero-order chi connectivity index (χ0) is 20.5. The number of thioether (sulfide) groups is 1. The lowest BCUT2D eigenvalue weighted by molar-refractivity contribution is -0.116. The first-order chi connectivity index (χ1) is 14.0. The van der Waals surface area contributed by atoms with Crippen LogP contribution in [0.4, 0.5) is 5.69 Å². The van der Waals surface area contributed by atoms with Crippen LogP contribution in [0.25, 0.3) is 0 Å². The summed E-state index contributed by atoms with van der Waals surface area (Å²) < 4.78 is 7.34. The number of fused-ring (bicyclic) bond motifs is 1. The Hall–Kier alpha value is -2.86. The van der Waals surface area contributed by atoms with E-state index in [0.717, 1.165) is 33.3 Å². The number of nitrogens with one attached hydrogen (secondary N) is 2. The van der Waals surface area contributed by atoms with Crippen LogP contribution in [-0.2, 0) is 4.79 Å². The Kier molecular flexibility index (Phi) is 5.28. The molecule has 5 nitrogen and oxygen atoms in total. The first-order valence-corrected chi connectivity index (χ1v) is 10.5. The Labute approximate surface area is 175 Å². The third kappa shape index (κ3) is 3.85. The molecule has 0 aliphatic carbocycles. The van der Waals surface area contributed by atoms with Gasteiger partial charge >= 0.3 is 0 Å². The number of benzene rings is 2. The van der Waals surface area contributed by atoms with Gasteiger partial charge in [-0.3, -0.25) is 9.47 Å². The number of aryl methyl sites for hydroxylation is 3. The lowest BCUT2D eigenvalue weighted by atomic mass is 10.0. The van der Waals surface area contributed by atoms with E-state index < -0.39 is 0 Å². The van der Waals surface area contributed by atoms with Crippen LogP contribution in [0.15, 0.2) is 59.6 Å². The highest BCUT2D eigenvalue weighted by molar-refractivity contribution is 8.00. The monoisotopic (exact) mass is 407 g/mol. The summed E-state index contributed by atoms with van der Waals surface area (Å²) in [5.41, 5.74) is 8.87. The van der Waals surface area contributed by atoms with Gasteiger partial charge < -0.3 is 15.5 Å². The van der Waals surface area contributed by atoms with Gasteiger partial charge in [-0.1, -0.05) is 30.0 Å². The summed E-state index contributed by atoms with van der Waals surface area (Å²) in [5, 5.41) is 3.83. The van der Waals surface area contributed by atoms with Crippen molar-refractivity contribution in [3.05, 3.63) is 77.0 Å². The molecule has 2 N–H and O–H groups in total. The molecule has 2 heterocycles. The number of nitrogens with zero attached hydrogens (tertiary/aromatic N) is 1. The van der Waals surface area contributed by atoms with Crippen LogP contribution in [0, 0.1) is 20.8 Å². The maximum Gasteiger partial charge on any atom is 0.240 e. The minimum Gasteiger partial charge on any atom is -0.497 e. The highest BCUT2D eigenvalue weighted by Crippen LogP contribution is 2.39. The molecule has 2 atom stereocenters. The van der Waals surface area contributed by atoms with Crippen LogP contribution in [-0.4, -0.2) is 22.9 Å². The van der Waals surface area contributed by atoms with Gasteiger partial charge in [0, 0.05) is 11.4 Å². The van der Waals surface area contributed by atoms with Crippen molar-refractivity contribution in [3.63, 3.8) is 0 Å². The van der Waals surface area contributed by atoms with Crippen LogP contribution in [0.2, 0.25) is 0 Å². The fraction of sp³-hybridized carbons (Fsp3) is 0.261. The molecule has 0 bridgehead atoms. The van der Waals surface area contributed by atoms with Crippen LogP contribution < -0.4 is 15.5 Å². The first kappa shape index (κ1) is 19.5. The molecule has 29 heavy (non-hydrogen) atoms. The molecule has 0 saturated carbocycles. The van der Waals surface area contributed by atoms with E-state index in [-0.39, 0.29) is 17.2 Å². The van der Waals surface area contributed by atoms with Crippen LogP contribution in [0.3, 0.4) is 0 Å². The van der Waals surface area contributed by atoms with E-state index in [1.54, 1.807) is 18.9 Å². The summed E-state index contributed by atoms with van der Waals surface area (Å²) in [6.07, 6.45) is 0. The van der Waals surface area contributed by atoms with Gasteiger partial charge in [-0.15, -0.1) is 0 Å². The average Bonchev–Trinajstić information content (AvgIpc) is 3.10. The Morgan fingerprint density at radius 2 is 1.79 bits per heavy atom. The SMILES string of the molecule is COc1ccc(C2Nn3c(C)ccc3SC2C(=O)Nc2ccc(C)c(C)c2)cc1. The molecule has 1 amide bonds. The van der Waals surface area contributed by atoms with Crippen molar-refractivity contribution >= 4 is 23.4 Å². The van der Waals surface area contributed by atoms with Gasteiger partial charge in [0.05, 0.1) is 18.2 Å². The quantitative estimate of drug-likeness (QED) is 0.651. The largest absolute Gasteiger partial charge is 0.497 e. The normalized spacial score (nSPS) is 17.9. The molecule has 1 aliphatic rings. The van der Waals surface area contributed by atoms with E-state index in [9.17, 15) is 4.79 Å². The van der Waals surface area contributed by atoms with Gasteiger partial charge in [-0.05, 0) is 73.9 Å². The van der Waals surface area contributed by atoms with Crippen LogP contribution in [0.1, 0.15) is 28.4 Å². The molecular weight excluding hydrogens is 382 g/mol. The third-order valence-electron chi connectivity index (χ3n) is 5.37. The smallest absolute Gasteiger partial charge is 0.240 e. The minimum atomic E-state index is -0.313. The highest BCUT2D eigenvalue weighted by atomic mass is 32.2. The van der Waals surface area contributed by atoms with Crippen molar-refractivity contribution in [1.29, 1.82) is 0 Å². The van der Waals surface area contributed by atoms with Gasteiger partial charge in [0.1, 0.15) is 11.0 Å². The van der Waals surface area contributed by atoms with Gasteiger partial charge in [0.15, 0.2) is 0 Å². The van der Waals surface area contributed by atoms with E-state index in [0.29, 0.717) is 0 Å². The van der Waals surface area contributed by atoms with Gasteiger partial charge in [-0.25, -0.2) is 0 Å². The Morgan fingerprint density at radius 3 is 2.48 bits per heavy atom.